The van der Waals surface area contributed by atoms with Gasteiger partial charge in [0.2, 0.25) is 5.91 Å². The van der Waals surface area contributed by atoms with Gasteiger partial charge in [0, 0.05) is 12.6 Å². The van der Waals surface area contributed by atoms with Crippen LogP contribution in [0.3, 0.4) is 0 Å². The summed E-state index contributed by atoms with van der Waals surface area (Å²) in [7, 11) is 0. The predicted octanol–water partition coefficient (Wildman–Crippen LogP) is 1.34. The Morgan fingerprint density at radius 3 is 2.89 bits per heavy atom. The third-order valence-corrected chi connectivity index (χ3v) is 3.82. The number of benzene rings is 1. The Balaban J connectivity index is 1.87. The van der Waals surface area contributed by atoms with E-state index in [1.165, 1.54) is 4.68 Å². The Morgan fingerprint density at radius 1 is 1.42 bits per heavy atom. The molecule has 0 saturated carbocycles. The lowest BCUT2D eigenvalue weighted by molar-refractivity contribution is -0.132. The van der Waals surface area contributed by atoms with Crippen molar-refractivity contribution in [1.82, 2.24) is 14.7 Å². The molecule has 0 bridgehead atoms. The Hall–Kier alpha value is -2.04. The molecule has 1 N–H and O–H groups in total. The smallest absolute Gasteiger partial charge is 0.274 e. The van der Waals surface area contributed by atoms with Gasteiger partial charge in [-0.05, 0) is 31.9 Å². The number of hydrogen-bond acceptors (Lipinski definition) is 2. The average Bonchev–Trinajstić information content (AvgIpc) is 2.95. The van der Waals surface area contributed by atoms with Crippen LogP contribution < -0.4 is 5.56 Å². The lowest BCUT2D eigenvalue weighted by atomic mass is 10.2. The van der Waals surface area contributed by atoms with Crippen LogP contribution in [0.15, 0.2) is 29.1 Å². The summed E-state index contributed by atoms with van der Waals surface area (Å²) in [5, 5.41) is 3.62. The van der Waals surface area contributed by atoms with Crippen LogP contribution in [-0.4, -0.2) is 33.2 Å². The van der Waals surface area contributed by atoms with Gasteiger partial charge in [-0.1, -0.05) is 12.1 Å². The van der Waals surface area contributed by atoms with Gasteiger partial charge in [-0.25, -0.2) is 4.68 Å². The zero-order valence-electron chi connectivity index (χ0n) is 10.9. The number of carbonyl (C=O) groups is 1. The van der Waals surface area contributed by atoms with Crippen LogP contribution >= 0.6 is 0 Å². The number of hydrogen-bond donors (Lipinski definition) is 1. The maximum Gasteiger partial charge on any atom is 0.274 e. The molecule has 2 heterocycles. The second-order valence-electron chi connectivity index (χ2n) is 5.13. The first kappa shape index (κ1) is 12.0. The standard InChI is InChI=1S/C14H17N3O2/c1-10-5-4-8-16(10)13(18)9-17-14(19)11-6-2-3-7-12(11)15-17/h2-3,6-7,10,15H,4-5,8-9H2,1H3/t10-/m1/s1. The van der Waals surface area contributed by atoms with E-state index < -0.39 is 0 Å². The number of aromatic nitrogens is 2. The van der Waals surface area contributed by atoms with E-state index in [1.54, 1.807) is 6.07 Å². The molecule has 1 saturated heterocycles. The lowest BCUT2D eigenvalue weighted by Crippen LogP contribution is -2.38. The summed E-state index contributed by atoms with van der Waals surface area (Å²) in [4.78, 5) is 26.2. The maximum atomic E-state index is 12.2. The molecule has 100 valence electrons. The molecule has 0 spiro atoms. The number of nitrogens with one attached hydrogen (secondary N) is 1. The van der Waals surface area contributed by atoms with Gasteiger partial charge in [0.15, 0.2) is 0 Å². The van der Waals surface area contributed by atoms with Crippen LogP contribution in [-0.2, 0) is 11.3 Å². The summed E-state index contributed by atoms with van der Waals surface area (Å²) in [5.74, 6) is 0.0126. The first-order valence-electron chi connectivity index (χ1n) is 6.64. The van der Waals surface area contributed by atoms with E-state index in [9.17, 15) is 9.59 Å². The van der Waals surface area contributed by atoms with Crippen molar-refractivity contribution in [3.05, 3.63) is 34.6 Å². The first-order chi connectivity index (χ1) is 9.16. The van der Waals surface area contributed by atoms with E-state index in [4.69, 9.17) is 0 Å². The monoisotopic (exact) mass is 259 g/mol. The van der Waals surface area contributed by atoms with Crippen molar-refractivity contribution in [2.24, 2.45) is 0 Å². The Labute approximate surface area is 110 Å². The van der Waals surface area contributed by atoms with Crippen molar-refractivity contribution in [2.45, 2.75) is 32.4 Å². The highest BCUT2D eigenvalue weighted by Crippen LogP contribution is 2.16. The fourth-order valence-corrected chi connectivity index (χ4v) is 2.75. The summed E-state index contributed by atoms with van der Waals surface area (Å²) in [5.41, 5.74) is 0.644. The van der Waals surface area contributed by atoms with E-state index in [1.807, 2.05) is 23.1 Å². The maximum absolute atomic E-state index is 12.2. The van der Waals surface area contributed by atoms with Crippen molar-refractivity contribution in [1.29, 1.82) is 0 Å². The van der Waals surface area contributed by atoms with Crippen LogP contribution in [0.2, 0.25) is 0 Å². The van der Waals surface area contributed by atoms with Crippen LogP contribution in [0.5, 0.6) is 0 Å². The fourth-order valence-electron chi connectivity index (χ4n) is 2.75. The molecule has 5 nitrogen and oxygen atoms in total. The van der Waals surface area contributed by atoms with Crippen LogP contribution in [0.25, 0.3) is 10.9 Å². The predicted molar refractivity (Wildman–Crippen MR) is 73.0 cm³/mol. The topological polar surface area (TPSA) is 58.1 Å². The molecule has 3 rings (SSSR count). The molecular formula is C14H17N3O2. The molecule has 1 aromatic carbocycles. The summed E-state index contributed by atoms with van der Waals surface area (Å²) in [6.07, 6.45) is 2.10. The number of H-pyrrole nitrogens is 1. The van der Waals surface area contributed by atoms with Crippen LogP contribution in [0, 0.1) is 0 Å². The number of para-hydroxylation sites is 1. The lowest BCUT2D eigenvalue weighted by Gasteiger charge is -2.21. The van der Waals surface area contributed by atoms with Gasteiger partial charge in [-0.2, -0.15) is 0 Å². The van der Waals surface area contributed by atoms with Gasteiger partial charge in [0.05, 0.1) is 10.9 Å². The SMILES string of the molecule is C[C@@H]1CCCN1C(=O)Cn1[nH]c2ccccc2c1=O. The van der Waals surface area contributed by atoms with E-state index in [0.29, 0.717) is 5.39 Å². The Morgan fingerprint density at radius 2 is 2.21 bits per heavy atom. The number of likely N-dealkylation sites (tertiary alicyclic amines) is 1. The molecule has 19 heavy (non-hydrogen) atoms. The highest BCUT2D eigenvalue weighted by atomic mass is 16.2. The molecule has 0 unspecified atom stereocenters. The summed E-state index contributed by atoms with van der Waals surface area (Å²) < 4.78 is 1.40. The highest BCUT2D eigenvalue weighted by Gasteiger charge is 2.25. The second-order valence-corrected chi connectivity index (χ2v) is 5.13. The normalized spacial score (nSPS) is 19.2. The molecule has 1 amide bonds. The molecular weight excluding hydrogens is 242 g/mol. The molecule has 0 radical (unpaired) electrons. The second kappa shape index (κ2) is 4.57. The Bertz CT molecular complexity index is 671. The van der Waals surface area contributed by atoms with E-state index in [-0.39, 0.29) is 24.1 Å². The van der Waals surface area contributed by atoms with Crippen LogP contribution in [0.4, 0.5) is 0 Å². The molecule has 1 aliphatic rings. The molecule has 1 aromatic heterocycles. The fraction of sp³-hybridized carbons (Fsp3) is 0.429. The average molecular weight is 259 g/mol. The number of carbonyl (C=O) groups excluding carboxylic acids is 1. The minimum atomic E-state index is -0.129. The summed E-state index contributed by atoms with van der Waals surface area (Å²) >= 11 is 0. The molecule has 1 fully saturated rings. The number of aromatic amines is 1. The summed E-state index contributed by atoms with van der Waals surface area (Å²) in [6, 6.07) is 7.59. The minimum Gasteiger partial charge on any atom is -0.338 e. The van der Waals surface area contributed by atoms with Crippen molar-refractivity contribution >= 4 is 16.8 Å². The molecule has 0 aliphatic carbocycles. The van der Waals surface area contributed by atoms with Gasteiger partial charge in [-0.15, -0.1) is 0 Å². The van der Waals surface area contributed by atoms with Gasteiger partial charge < -0.3 is 4.90 Å². The van der Waals surface area contributed by atoms with Crippen molar-refractivity contribution in [3.63, 3.8) is 0 Å². The van der Waals surface area contributed by atoms with Gasteiger partial charge >= 0.3 is 0 Å². The largest absolute Gasteiger partial charge is 0.338 e. The van der Waals surface area contributed by atoms with E-state index in [2.05, 4.69) is 12.0 Å². The molecule has 5 heteroatoms. The van der Waals surface area contributed by atoms with Crippen molar-refractivity contribution in [3.8, 4) is 0 Å². The van der Waals surface area contributed by atoms with Gasteiger partial charge in [0.1, 0.15) is 6.54 Å². The summed E-state index contributed by atoms with van der Waals surface area (Å²) in [6.45, 7) is 2.95. The number of rotatable bonds is 2. The number of nitrogens with zero attached hydrogens (tertiary/aromatic N) is 2. The van der Waals surface area contributed by atoms with E-state index in [0.717, 1.165) is 24.9 Å². The minimum absolute atomic E-state index is 0.0126. The molecule has 2 aromatic rings. The molecule has 1 atom stereocenters. The zero-order chi connectivity index (χ0) is 13.4. The number of fused-ring (bicyclic) bond motifs is 1. The quantitative estimate of drug-likeness (QED) is 0.884. The van der Waals surface area contributed by atoms with Crippen LogP contribution in [0.1, 0.15) is 19.8 Å². The third-order valence-electron chi connectivity index (χ3n) is 3.82. The van der Waals surface area contributed by atoms with E-state index >= 15 is 0 Å². The zero-order valence-corrected chi connectivity index (χ0v) is 10.9. The third kappa shape index (κ3) is 2.05. The Kier molecular flexibility index (Phi) is 2.89. The van der Waals surface area contributed by atoms with Crippen molar-refractivity contribution < 1.29 is 4.79 Å². The van der Waals surface area contributed by atoms with Gasteiger partial charge in [0.25, 0.3) is 5.56 Å². The first-order valence-corrected chi connectivity index (χ1v) is 6.64. The molecule has 1 aliphatic heterocycles. The number of amides is 1. The van der Waals surface area contributed by atoms with Gasteiger partial charge in [-0.3, -0.25) is 14.7 Å². The highest BCUT2D eigenvalue weighted by molar-refractivity contribution is 5.80. The van der Waals surface area contributed by atoms with Crippen molar-refractivity contribution in [2.75, 3.05) is 6.54 Å².